The van der Waals surface area contributed by atoms with E-state index in [0.717, 1.165) is 48.3 Å². The van der Waals surface area contributed by atoms with Crippen LogP contribution in [0.1, 0.15) is 25.0 Å². The predicted molar refractivity (Wildman–Crippen MR) is 119 cm³/mol. The molecule has 2 rings (SSSR count). The zero-order chi connectivity index (χ0) is 21.3. The Morgan fingerprint density at radius 3 is 2.17 bits per heavy atom. The lowest BCUT2D eigenvalue weighted by molar-refractivity contribution is 0.353. The molecule has 0 bridgehead atoms. The lowest BCUT2D eigenvalue weighted by atomic mass is 9.84. The topological polar surface area (TPSA) is 64.1 Å². The molecule has 158 valence electrons. The summed E-state index contributed by atoms with van der Waals surface area (Å²) in [5, 5.41) is 6.80. The van der Waals surface area contributed by atoms with E-state index in [1.807, 2.05) is 24.3 Å². The molecule has 0 fully saturated rings. The third kappa shape index (κ3) is 6.31. The molecular weight excluding hydrogens is 366 g/mol. The number of guanidine groups is 1. The van der Waals surface area contributed by atoms with Gasteiger partial charge in [-0.1, -0.05) is 32.0 Å². The average Bonchev–Trinajstić information content (AvgIpc) is 2.75. The van der Waals surface area contributed by atoms with Crippen molar-refractivity contribution >= 4 is 5.96 Å². The monoisotopic (exact) mass is 399 g/mol. The second kappa shape index (κ2) is 10.6. The van der Waals surface area contributed by atoms with Crippen LogP contribution in [0.5, 0.6) is 17.2 Å². The number of methoxy groups -OCH3 is 3. The van der Waals surface area contributed by atoms with Crippen molar-refractivity contribution < 1.29 is 14.2 Å². The van der Waals surface area contributed by atoms with Crippen LogP contribution in [0.2, 0.25) is 0 Å². The normalized spacial score (nSPS) is 11.7. The quantitative estimate of drug-likeness (QED) is 0.500. The molecule has 0 saturated heterocycles. The van der Waals surface area contributed by atoms with Crippen molar-refractivity contribution in [1.29, 1.82) is 0 Å². The van der Waals surface area contributed by atoms with Gasteiger partial charge in [-0.05, 0) is 41.8 Å². The molecular formula is C23H33N3O3. The van der Waals surface area contributed by atoms with Gasteiger partial charge in [-0.3, -0.25) is 4.99 Å². The zero-order valence-corrected chi connectivity index (χ0v) is 18.3. The molecule has 0 aliphatic heterocycles. The van der Waals surface area contributed by atoms with Crippen LogP contribution in [0.25, 0.3) is 0 Å². The van der Waals surface area contributed by atoms with Gasteiger partial charge in [-0.15, -0.1) is 0 Å². The van der Waals surface area contributed by atoms with Crippen molar-refractivity contribution in [2.45, 2.75) is 25.7 Å². The first kappa shape index (κ1) is 22.4. The number of rotatable bonds is 9. The van der Waals surface area contributed by atoms with E-state index in [1.54, 1.807) is 28.4 Å². The van der Waals surface area contributed by atoms with Gasteiger partial charge in [0.1, 0.15) is 5.75 Å². The lowest BCUT2D eigenvalue weighted by Gasteiger charge is -2.27. The summed E-state index contributed by atoms with van der Waals surface area (Å²) in [5.74, 6) is 3.12. The Morgan fingerprint density at radius 2 is 1.59 bits per heavy atom. The van der Waals surface area contributed by atoms with Crippen molar-refractivity contribution in [3.63, 3.8) is 0 Å². The van der Waals surface area contributed by atoms with Gasteiger partial charge in [0.05, 0.1) is 21.3 Å². The second-order valence-corrected chi connectivity index (χ2v) is 7.40. The number of nitrogens with zero attached hydrogens (tertiary/aromatic N) is 1. The van der Waals surface area contributed by atoms with E-state index in [1.165, 1.54) is 5.56 Å². The molecule has 2 N–H and O–H groups in total. The predicted octanol–water partition coefficient (Wildman–Crippen LogP) is 3.40. The van der Waals surface area contributed by atoms with Gasteiger partial charge in [0.2, 0.25) is 0 Å². The number of nitrogens with one attached hydrogen (secondary N) is 2. The van der Waals surface area contributed by atoms with E-state index in [2.05, 4.69) is 47.7 Å². The SMILES string of the molecule is CN=C(NCCc1ccc(OC)cc1)NCC(C)(C)c1ccc(OC)c(OC)c1. The smallest absolute Gasteiger partial charge is 0.191 e. The van der Waals surface area contributed by atoms with E-state index >= 15 is 0 Å². The van der Waals surface area contributed by atoms with Crippen molar-refractivity contribution in [2.75, 3.05) is 41.5 Å². The molecule has 2 aromatic rings. The first-order valence-electron chi connectivity index (χ1n) is 9.73. The minimum Gasteiger partial charge on any atom is -0.497 e. The fourth-order valence-corrected chi connectivity index (χ4v) is 3.00. The fourth-order valence-electron chi connectivity index (χ4n) is 3.00. The summed E-state index contributed by atoms with van der Waals surface area (Å²) in [6.07, 6.45) is 0.907. The van der Waals surface area contributed by atoms with Crippen LogP contribution < -0.4 is 24.8 Å². The van der Waals surface area contributed by atoms with Crippen molar-refractivity contribution in [3.8, 4) is 17.2 Å². The minimum atomic E-state index is -0.118. The largest absolute Gasteiger partial charge is 0.497 e. The van der Waals surface area contributed by atoms with Gasteiger partial charge < -0.3 is 24.8 Å². The molecule has 0 radical (unpaired) electrons. The van der Waals surface area contributed by atoms with Gasteiger partial charge in [-0.25, -0.2) is 0 Å². The molecule has 6 heteroatoms. The van der Waals surface area contributed by atoms with E-state index in [-0.39, 0.29) is 5.41 Å². The third-order valence-corrected chi connectivity index (χ3v) is 4.95. The summed E-state index contributed by atoms with van der Waals surface area (Å²) in [5.41, 5.74) is 2.29. The Hall–Kier alpha value is -2.89. The van der Waals surface area contributed by atoms with Crippen LogP contribution in [0.3, 0.4) is 0 Å². The molecule has 0 aliphatic carbocycles. The number of benzene rings is 2. The Balaban J connectivity index is 1.90. The van der Waals surface area contributed by atoms with Crippen LogP contribution in [0.15, 0.2) is 47.5 Å². The maximum atomic E-state index is 5.44. The Morgan fingerprint density at radius 1 is 0.897 bits per heavy atom. The Kier molecular flexibility index (Phi) is 8.19. The van der Waals surface area contributed by atoms with Gasteiger partial charge in [0.15, 0.2) is 17.5 Å². The summed E-state index contributed by atoms with van der Waals surface area (Å²) in [7, 11) is 6.76. The second-order valence-electron chi connectivity index (χ2n) is 7.40. The molecule has 0 heterocycles. The highest BCUT2D eigenvalue weighted by molar-refractivity contribution is 5.79. The number of ether oxygens (including phenoxy) is 3. The van der Waals surface area contributed by atoms with Crippen LogP contribution in [-0.4, -0.2) is 47.4 Å². The summed E-state index contributed by atoms with van der Waals surface area (Å²) < 4.78 is 16.0. The van der Waals surface area contributed by atoms with E-state index in [4.69, 9.17) is 14.2 Å². The van der Waals surface area contributed by atoms with Gasteiger partial charge in [0.25, 0.3) is 0 Å². The molecule has 2 aromatic carbocycles. The van der Waals surface area contributed by atoms with E-state index in [0.29, 0.717) is 0 Å². The summed E-state index contributed by atoms with van der Waals surface area (Å²) in [6.45, 7) is 5.89. The standard InChI is InChI=1S/C23H33N3O3/c1-23(2,18-9-12-20(28-5)21(15-18)29-6)16-26-22(24-3)25-14-13-17-7-10-19(27-4)11-8-17/h7-12,15H,13-14,16H2,1-6H3,(H2,24,25,26). The molecule has 6 nitrogen and oxygen atoms in total. The van der Waals surface area contributed by atoms with Crippen LogP contribution >= 0.6 is 0 Å². The van der Waals surface area contributed by atoms with Crippen molar-refractivity contribution in [1.82, 2.24) is 10.6 Å². The number of hydrogen-bond donors (Lipinski definition) is 2. The maximum Gasteiger partial charge on any atom is 0.191 e. The van der Waals surface area contributed by atoms with Gasteiger partial charge >= 0.3 is 0 Å². The maximum absolute atomic E-state index is 5.44. The van der Waals surface area contributed by atoms with Crippen LogP contribution in [0, 0.1) is 0 Å². The summed E-state index contributed by atoms with van der Waals surface area (Å²) in [4.78, 5) is 4.33. The first-order chi connectivity index (χ1) is 13.9. The number of hydrogen-bond acceptors (Lipinski definition) is 4. The molecule has 0 aliphatic rings. The summed E-state index contributed by atoms with van der Waals surface area (Å²) >= 11 is 0. The van der Waals surface area contributed by atoms with Gasteiger partial charge in [-0.2, -0.15) is 0 Å². The van der Waals surface area contributed by atoms with Crippen molar-refractivity contribution in [2.24, 2.45) is 4.99 Å². The van der Waals surface area contributed by atoms with Crippen LogP contribution in [0.4, 0.5) is 0 Å². The molecule has 29 heavy (non-hydrogen) atoms. The zero-order valence-electron chi connectivity index (χ0n) is 18.3. The van der Waals surface area contributed by atoms with Crippen LogP contribution in [-0.2, 0) is 11.8 Å². The van der Waals surface area contributed by atoms with Gasteiger partial charge in [0, 0.05) is 25.6 Å². The highest BCUT2D eigenvalue weighted by Gasteiger charge is 2.22. The highest BCUT2D eigenvalue weighted by atomic mass is 16.5. The molecule has 0 aromatic heterocycles. The van der Waals surface area contributed by atoms with E-state index in [9.17, 15) is 0 Å². The molecule has 0 amide bonds. The minimum absolute atomic E-state index is 0.118. The highest BCUT2D eigenvalue weighted by Crippen LogP contribution is 2.32. The summed E-state index contributed by atoms with van der Waals surface area (Å²) in [6, 6.07) is 14.2. The third-order valence-electron chi connectivity index (χ3n) is 4.95. The van der Waals surface area contributed by atoms with Crippen molar-refractivity contribution in [3.05, 3.63) is 53.6 Å². The fraction of sp³-hybridized carbons (Fsp3) is 0.435. The Bertz CT molecular complexity index is 802. The Labute approximate surface area is 174 Å². The number of aliphatic imine (C=N–C) groups is 1. The first-order valence-corrected chi connectivity index (χ1v) is 9.73. The average molecular weight is 400 g/mol. The molecule has 0 spiro atoms. The molecule has 0 saturated carbocycles. The lowest BCUT2D eigenvalue weighted by Crippen LogP contribution is -2.44. The van der Waals surface area contributed by atoms with E-state index < -0.39 is 0 Å². The molecule has 0 unspecified atom stereocenters. The molecule has 0 atom stereocenters.